The van der Waals surface area contributed by atoms with E-state index in [2.05, 4.69) is 47.3 Å². The van der Waals surface area contributed by atoms with Crippen molar-refractivity contribution < 1.29 is 9.13 Å². The third kappa shape index (κ3) is 2.77. The highest BCUT2D eigenvalue weighted by Crippen LogP contribution is 2.33. The fraction of sp³-hybridized carbons (Fsp3) is 0. The van der Waals surface area contributed by atoms with Gasteiger partial charge in [0.2, 0.25) is 5.88 Å². The number of nitrogen functional groups attached to an aromatic ring is 1. The number of nitrogens with one attached hydrogen (secondary N) is 1. The maximum absolute atomic E-state index is 13.6. The van der Waals surface area contributed by atoms with Crippen molar-refractivity contribution in [3.05, 3.63) is 39.3 Å². The maximum Gasteiger partial charge on any atom is 0.239 e. The van der Waals surface area contributed by atoms with E-state index < -0.39 is 5.82 Å². The van der Waals surface area contributed by atoms with E-state index in [0.717, 1.165) is 0 Å². The minimum Gasteiger partial charge on any atom is -0.435 e. The van der Waals surface area contributed by atoms with Crippen molar-refractivity contribution >= 4 is 37.7 Å². The molecule has 0 amide bonds. The zero-order chi connectivity index (χ0) is 13.1. The lowest BCUT2D eigenvalue weighted by Gasteiger charge is -2.09. The van der Waals surface area contributed by atoms with Crippen LogP contribution in [0.1, 0.15) is 0 Å². The number of hydrogen-bond acceptors (Lipinski definition) is 5. The van der Waals surface area contributed by atoms with Crippen LogP contribution >= 0.6 is 31.9 Å². The van der Waals surface area contributed by atoms with E-state index in [4.69, 9.17) is 10.6 Å². The van der Waals surface area contributed by atoms with Crippen LogP contribution in [0.25, 0.3) is 0 Å². The maximum atomic E-state index is 13.6. The fourth-order valence-electron chi connectivity index (χ4n) is 1.19. The summed E-state index contributed by atoms with van der Waals surface area (Å²) in [6, 6.07) is 4.45. The van der Waals surface area contributed by atoms with Crippen LogP contribution in [0.3, 0.4) is 0 Å². The minimum atomic E-state index is -0.503. The fourth-order valence-corrected chi connectivity index (χ4v) is 1.92. The average molecular weight is 378 g/mol. The molecule has 0 atom stereocenters. The van der Waals surface area contributed by atoms with Crippen molar-refractivity contribution in [1.29, 1.82) is 0 Å². The second kappa shape index (κ2) is 5.59. The molecule has 94 valence electrons. The van der Waals surface area contributed by atoms with Crippen LogP contribution in [-0.2, 0) is 0 Å². The van der Waals surface area contributed by atoms with Crippen molar-refractivity contribution in [2.45, 2.75) is 0 Å². The zero-order valence-corrected chi connectivity index (χ0v) is 12.0. The van der Waals surface area contributed by atoms with Gasteiger partial charge in [-0.05, 0) is 34.1 Å². The number of benzene rings is 1. The Hall–Kier alpha value is -1.25. The van der Waals surface area contributed by atoms with Crippen LogP contribution < -0.4 is 16.0 Å². The third-order valence-corrected chi connectivity index (χ3v) is 3.20. The standard InChI is InChI=1S/C10H7Br2FN4O/c11-5-1-2-7(6(13)3-5)18-10-8(12)9(17-14)15-4-16-10/h1-4H,14H2,(H,15,16,17). The van der Waals surface area contributed by atoms with Gasteiger partial charge >= 0.3 is 0 Å². The van der Waals surface area contributed by atoms with Gasteiger partial charge in [0.15, 0.2) is 17.4 Å². The van der Waals surface area contributed by atoms with Gasteiger partial charge in [-0.3, -0.25) is 0 Å². The Balaban J connectivity index is 2.34. The third-order valence-electron chi connectivity index (χ3n) is 1.99. The Morgan fingerprint density at radius 2 is 2.06 bits per heavy atom. The molecule has 1 aromatic heterocycles. The largest absolute Gasteiger partial charge is 0.435 e. The molecular formula is C10H7Br2FN4O. The number of nitrogens with two attached hydrogens (primary N) is 1. The Morgan fingerprint density at radius 1 is 1.28 bits per heavy atom. The Labute approximate surface area is 119 Å². The minimum absolute atomic E-state index is 0.0561. The highest BCUT2D eigenvalue weighted by molar-refractivity contribution is 9.11. The van der Waals surface area contributed by atoms with Crippen LogP contribution in [0.15, 0.2) is 33.5 Å². The highest BCUT2D eigenvalue weighted by atomic mass is 79.9. The first kappa shape index (κ1) is 13.2. The van der Waals surface area contributed by atoms with Gasteiger partial charge in [0, 0.05) is 4.47 Å². The summed E-state index contributed by atoms with van der Waals surface area (Å²) < 4.78 is 20.0. The second-order valence-electron chi connectivity index (χ2n) is 3.16. The van der Waals surface area contributed by atoms with Gasteiger partial charge in [0.25, 0.3) is 0 Å². The van der Waals surface area contributed by atoms with Crippen LogP contribution in [0.4, 0.5) is 10.2 Å². The number of aromatic nitrogens is 2. The summed E-state index contributed by atoms with van der Waals surface area (Å²) in [6.07, 6.45) is 1.26. The molecule has 2 rings (SSSR count). The van der Waals surface area contributed by atoms with E-state index >= 15 is 0 Å². The summed E-state index contributed by atoms with van der Waals surface area (Å²) >= 11 is 6.38. The first-order valence-electron chi connectivity index (χ1n) is 4.72. The monoisotopic (exact) mass is 376 g/mol. The lowest BCUT2D eigenvalue weighted by atomic mass is 10.3. The molecule has 3 N–H and O–H groups in total. The van der Waals surface area contributed by atoms with E-state index in [1.54, 1.807) is 6.07 Å². The van der Waals surface area contributed by atoms with Crippen molar-refractivity contribution in [1.82, 2.24) is 9.97 Å². The summed E-state index contributed by atoms with van der Waals surface area (Å²) in [4.78, 5) is 7.75. The smallest absolute Gasteiger partial charge is 0.239 e. The number of ether oxygens (including phenoxy) is 1. The molecule has 18 heavy (non-hydrogen) atoms. The van der Waals surface area contributed by atoms with Gasteiger partial charge in [-0.25, -0.2) is 20.2 Å². The summed E-state index contributed by atoms with van der Waals surface area (Å²) in [5.41, 5.74) is 2.37. The summed E-state index contributed by atoms with van der Waals surface area (Å²) in [5, 5.41) is 0. The van der Waals surface area contributed by atoms with Crippen molar-refractivity contribution in [3.63, 3.8) is 0 Å². The molecule has 0 aliphatic rings. The van der Waals surface area contributed by atoms with Gasteiger partial charge < -0.3 is 10.2 Å². The molecule has 5 nitrogen and oxygen atoms in total. The molecule has 0 aliphatic heterocycles. The quantitative estimate of drug-likeness (QED) is 0.634. The predicted octanol–water partition coefficient (Wildman–Crippen LogP) is 3.22. The molecule has 1 heterocycles. The molecule has 0 saturated carbocycles. The zero-order valence-electron chi connectivity index (χ0n) is 8.82. The SMILES string of the molecule is NNc1ncnc(Oc2ccc(Br)cc2F)c1Br. The summed E-state index contributed by atoms with van der Waals surface area (Å²) in [5.74, 6) is 5.32. The Bertz CT molecular complexity index is 582. The van der Waals surface area contributed by atoms with Crippen LogP contribution in [0, 0.1) is 5.82 Å². The second-order valence-corrected chi connectivity index (χ2v) is 4.87. The van der Waals surface area contributed by atoms with Gasteiger partial charge in [-0.2, -0.15) is 0 Å². The topological polar surface area (TPSA) is 73.1 Å². The molecule has 0 radical (unpaired) electrons. The van der Waals surface area contributed by atoms with Crippen LogP contribution in [-0.4, -0.2) is 9.97 Å². The summed E-state index contributed by atoms with van der Waals surface area (Å²) in [7, 11) is 0. The molecule has 0 spiro atoms. The molecule has 0 bridgehead atoms. The molecule has 8 heteroatoms. The molecule has 0 saturated heterocycles. The van der Waals surface area contributed by atoms with Crippen LogP contribution in [0.5, 0.6) is 11.6 Å². The molecule has 1 aromatic carbocycles. The molecule has 2 aromatic rings. The van der Waals surface area contributed by atoms with E-state index in [0.29, 0.717) is 14.8 Å². The lowest BCUT2D eigenvalue weighted by Crippen LogP contribution is -2.10. The molecule has 0 aliphatic carbocycles. The van der Waals surface area contributed by atoms with E-state index in [1.807, 2.05) is 0 Å². The van der Waals surface area contributed by atoms with E-state index in [9.17, 15) is 4.39 Å². The van der Waals surface area contributed by atoms with Gasteiger partial charge in [0.05, 0.1) is 0 Å². The number of anilines is 1. The van der Waals surface area contributed by atoms with Crippen LogP contribution in [0.2, 0.25) is 0 Å². The van der Waals surface area contributed by atoms with Gasteiger partial charge in [-0.1, -0.05) is 15.9 Å². The molecular weight excluding hydrogens is 371 g/mol. The number of hydrazine groups is 1. The first-order chi connectivity index (χ1) is 8.61. The number of hydrogen-bond donors (Lipinski definition) is 2. The number of halogens is 3. The highest BCUT2D eigenvalue weighted by Gasteiger charge is 2.12. The Morgan fingerprint density at radius 3 is 2.72 bits per heavy atom. The molecule has 0 unspecified atom stereocenters. The predicted molar refractivity (Wildman–Crippen MR) is 71.7 cm³/mol. The van der Waals surface area contributed by atoms with Gasteiger partial charge in [0.1, 0.15) is 10.8 Å². The normalized spacial score (nSPS) is 10.2. The number of nitrogens with zero attached hydrogens (tertiary/aromatic N) is 2. The lowest BCUT2D eigenvalue weighted by molar-refractivity contribution is 0.424. The number of rotatable bonds is 3. The average Bonchev–Trinajstić information content (AvgIpc) is 2.35. The van der Waals surface area contributed by atoms with Crippen molar-refractivity contribution in [2.75, 3.05) is 5.43 Å². The Kier molecular flexibility index (Phi) is 4.10. The molecule has 0 fully saturated rings. The van der Waals surface area contributed by atoms with Crippen molar-refractivity contribution in [3.8, 4) is 11.6 Å². The summed E-state index contributed by atoms with van der Waals surface area (Å²) in [6.45, 7) is 0. The first-order valence-corrected chi connectivity index (χ1v) is 6.30. The van der Waals surface area contributed by atoms with E-state index in [-0.39, 0.29) is 11.6 Å². The van der Waals surface area contributed by atoms with Crippen molar-refractivity contribution in [2.24, 2.45) is 5.84 Å². The van der Waals surface area contributed by atoms with Gasteiger partial charge in [-0.15, -0.1) is 0 Å². The van der Waals surface area contributed by atoms with E-state index in [1.165, 1.54) is 18.5 Å².